The first kappa shape index (κ1) is 23.7. The third-order valence-corrected chi connectivity index (χ3v) is 13.0. The minimum atomic E-state index is -0.627. The summed E-state index contributed by atoms with van der Waals surface area (Å²) in [6.07, 6.45) is 2.42. The number of aliphatic hydroxyl groups excluding tert-OH is 2. The Kier molecular flexibility index (Phi) is 4.44. The number of quaternary nitrogens is 1. The Morgan fingerprint density at radius 3 is 2.56 bits per heavy atom. The van der Waals surface area contributed by atoms with Crippen LogP contribution in [0.2, 0.25) is 0 Å². The van der Waals surface area contributed by atoms with Crippen molar-refractivity contribution in [2.24, 2.45) is 45.8 Å². The fourth-order valence-corrected chi connectivity index (χ4v) is 12.4. The molecule has 7 heteroatoms. The summed E-state index contributed by atoms with van der Waals surface area (Å²) in [6.45, 7) is 12.3. The average Bonchev–Trinajstić information content (AvgIpc) is 3.14. The maximum Gasteiger partial charge on any atom is 0.308 e. The van der Waals surface area contributed by atoms with Gasteiger partial charge in [0, 0.05) is 36.0 Å². The van der Waals surface area contributed by atoms with Gasteiger partial charge >= 0.3 is 11.9 Å². The number of aliphatic hydroxyl groups is 2. The zero-order valence-electron chi connectivity index (χ0n) is 22.3. The lowest BCUT2D eigenvalue weighted by Crippen LogP contribution is -2.72. The van der Waals surface area contributed by atoms with Crippen molar-refractivity contribution >= 4 is 11.9 Å². The number of nitrogens with zero attached hydrogens (tertiary/aromatic N) is 1. The number of carbonyl (C=O) groups is 2. The number of hydrogen-bond donors (Lipinski definition) is 2. The molecule has 0 radical (unpaired) electrons. The first-order chi connectivity index (χ1) is 16.9. The molecule has 9 rings (SSSR count). The van der Waals surface area contributed by atoms with Crippen LogP contribution in [0.15, 0.2) is 12.2 Å². The Labute approximate surface area is 213 Å². The van der Waals surface area contributed by atoms with E-state index in [4.69, 9.17) is 9.47 Å². The summed E-state index contributed by atoms with van der Waals surface area (Å²) >= 11 is 0. The van der Waals surface area contributed by atoms with Crippen molar-refractivity contribution in [1.29, 1.82) is 0 Å². The third kappa shape index (κ3) is 2.16. The second kappa shape index (κ2) is 6.76. The van der Waals surface area contributed by atoms with Gasteiger partial charge in [-0.25, -0.2) is 0 Å². The van der Waals surface area contributed by atoms with Crippen LogP contribution in [-0.2, 0) is 19.1 Å². The minimum absolute atomic E-state index is 0.0604. The lowest BCUT2D eigenvalue weighted by atomic mass is 9.39. The van der Waals surface area contributed by atoms with Crippen LogP contribution in [0, 0.1) is 45.8 Å². The van der Waals surface area contributed by atoms with E-state index in [0.29, 0.717) is 29.8 Å². The molecule has 0 aromatic heterocycles. The first-order valence-electron chi connectivity index (χ1n) is 14.2. The molecular weight excluding hydrogens is 458 g/mol. The van der Waals surface area contributed by atoms with Gasteiger partial charge < -0.3 is 19.7 Å². The van der Waals surface area contributed by atoms with Crippen LogP contribution >= 0.6 is 0 Å². The highest BCUT2D eigenvalue weighted by Gasteiger charge is 2.97. The number of hydrogen-bond acceptors (Lipinski definition) is 6. The van der Waals surface area contributed by atoms with Crippen molar-refractivity contribution in [2.45, 2.75) is 103 Å². The molecule has 198 valence electrons. The van der Waals surface area contributed by atoms with Crippen LogP contribution in [0.5, 0.6) is 0 Å². The van der Waals surface area contributed by atoms with Gasteiger partial charge in [-0.05, 0) is 31.1 Å². The number of fused-ring (bicyclic) bond motifs is 1. The maximum absolute atomic E-state index is 13.1. The van der Waals surface area contributed by atoms with E-state index in [0.717, 1.165) is 24.8 Å². The van der Waals surface area contributed by atoms with E-state index in [1.807, 2.05) is 20.8 Å². The molecule has 1 unspecified atom stereocenters. The molecule has 0 amide bonds. The summed E-state index contributed by atoms with van der Waals surface area (Å²) in [6, 6.07) is 0.394. The van der Waals surface area contributed by atoms with Gasteiger partial charge in [0.1, 0.15) is 18.2 Å². The van der Waals surface area contributed by atoms with Crippen LogP contribution in [0.3, 0.4) is 0 Å². The van der Waals surface area contributed by atoms with E-state index in [9.17, 15) is 19.8 Å². The molecule has 9 aliphatic rings. The summed E-state index contributed by atoms with van der Waals surface area (Å²) < 4.78 is 13.0. The van der Waals surface area contributed by atoms with Gasteiger partial charge in [-0.3, -0.25) is 14.1 Å². The monoisotopic (exact) mass is 500 g/mol. The number of ether oxygens (including phenoxy) is 2. The second-order valence-electron chi connectivity index (χ2n) is 14.1. The van der Waals surface area contributed by atoms with Crippen LogP contribution in [0.1, 0.15) is 66.2 Å². The Hall–Kier alpha value is -1.44. The molecule has 15 atom stereocenters. The topological polar surface area (TPSA) is 93.1 Å². The minimum Gasteiger partial charge on any atom is -0.462 e. The molecule has 6 aliphatic carbocycles. The van der Waals surface area contributed by atoms with Crippen molar-refractivity contribution in [3.8, 4) is 0 Å². The highest BCUT2D eigenvalue weighted by molar-refractivity contribution is 5.72. The lowest BCUT2D eigenvalue weighted by Gasteiger charge is -2.64. The molecule has 9 fully saturated rings. The van der Waals surface area contributed by atoms with E-state index in [-0.39, 0.29) is 69.9 Å². The molecule has 3 aliphatic heterocycles. The Bertz CT molecular complexity index is 1080. The summed E-state index contributed by atoms with van der Waals surface area (Å²) in [5, 5.41) is 24.2. The predicted octanol–water partition coefficient (Wildman–Crippen LogP) is 2.78. The molecule has 3 heterocycles. The van der Waals surface area contributed by atoms with Gasteiger partial charge in [0.2, 0.25) is 0 Å². The number of esters is 2. The van der Waals surface area contributed by atoms with Crippen molar-refractivity contribution in [3.05, 3.63) is 12.2 Å². The molecule has 0 aromatic rings. The predicted molar refractivity (Wildman–Crippen MR) is 130 cm³/mol. The molecule has 6 saturated carbocycles. The van der Waals surface area contributed by atoms with E-state index >= 15 is 0 Å². The van der Waals surface area contributed by atoms with Gasteiger partial charge in [-0.15, -0.1) is 0 Å². The molecule has 2 N–H and O–H groups in total. The van der Waals surface area contributed by atoms with E-state index < -0.39 is 18.4 Å². The largest absolute Gasteiger partial charge is 0.462 e. The normalized spacial score (nSPS) is 59.4. The Morgan fingerprint density at radius 1 is 1.17 bits per heavy atom. The Balaban J connectivity index is 1.40. The first-order valence-corrected chi connectivity index (χ1v) is 14.2. The van der Waals surface area contributed by atoms with Crippen LogP contribution < -0.4 is 0 Å². The van der Waals surface area contributed by atoms with Gasteiger partial charge in [0.15, 0.2) is 6.23 Å². The average molecular weight is 501 g/mol. The van der Waals surface area contributed by atoms with E-state index in [1.165, 1.54) is 0 Å². The summed E-state index contributed by atoms with van der Waals surface area (Å²) in [5.41, 5.74) is 0.249. The number of rotatable bonds is 5. The fourth-order valence-electron chi connectivity index (χ4n) is 12.4. The van der Waals surface area contributed by atoms with Gasteiger partial charge in [0.05, 0.1) is 36.4 Å². The van der Waals surface area contributed by atoms with E-state index in [1.54, 1.807) is 0 Å². The smallest absolute Gasteiger partial charge is 0.308 e. The van der Waals surface area contributed by atoms with Crippen LogP contribution in [0.25, 0.3) is 0 Å². The van der Waals surface area contributed by atoms with Gasteiger partial charge in [-0.2, -0.15) is 0 Å². The Morgan fingerprint density at radius 2 is 1.89 bits per heavy atom. The molecule has 9 bridgehead atoms. The summed E-state index contributed by atoms with van der Waals surface area (Å²) in [4.78, 5) is 25.6. The zero-order valence-corrected chi connectivity index (χ0v) is 22.3. The second-order valence-corrected chi connectivity index (χ2v) is 14.1. The lowest BCUT2D eigenvalue weighted by molar-refractivity contribution is -0.993. The van der Waals surface area contributed by atoms with Gasteiger partial charge in [-0.1, -0.05) is 39.8 Å². The molecular formula is C29H42NO6+. The van der Waals surface area contributed by atoms with Crippen LogP contribution in [-0.4, -0.2) is 70.3 Å². The van der Waals surface area contributed by atoms with Crippen molar-refractivity contribution in [2.75, 3.05) is 7.05 Å². The maximum atomic E-state index is 13.1. The SMILES string of the molecule is C=C1C[C@@]23C[C@H]4[C@@H]5[C@@]6(C)C[C@H](OC(=O)CC)C[C@@]57[C@@H]2[C@H](O)[C@@H]1[C@@H](OC(=O)[C@H](C)CC)[C@@H]3[C@H]7[N+]4(C)[C@@H]6O. The summed E-state index contributed by atoms with van der Waals surface area (Å²) in [5.74, 6) is -0.435. The molecule has 3 saturated heterocycles. The number of piperidine rings is 2. The van der Waals surface area contributed by atoms with Gasteiger partial charge in [0.25, 0.3) is 0 Å². The molecule has 2 spiro atoms. The number of carbonyl (C=O) groups excluding carboxylic acids is 2. The van der Waals surface area contributed by atoms with E-state index in [2.05, 4.69) is 20.6 Å². The highest BCUT2D eigenvalue weighted by atomic mass is 16.5. The van der Waals surface area contributed by atoms with Crippen LogP contribution in [0.4, 0.5) is 0 Å². The zero-order chi connectivity index (χ0) is 25.7. The quantitative estimate of drug-likeness (QED) is 0.343. The van der Waals surface area contributed by atoms with Crippen molar-refractivity contribution in [1.82, 2.24) is 0 Å². The van der Waals surface area contributed by atoms with Crippen molar-refractivity contribution in [3.63, 3.8) is 0 Å². The standard InChI is InChI=1S/C29H42NO6/c1-7-13(3)25(33)36-21-18-14(4)9-28-12-16-22-27(5)10-15(35-17(31)8-2)11-29(22,23(28)20(18)32)24(19(21)28)30(16,6)26(27)34/h13,15-16,18-24,26,32,34H,4,7-12H2,1-3,5-6H3/q+1/t13-,15+,16+,18-,19-,20-,21-,22-,23-,24-,26-,27-,28+,29+,30?/m1/s1. The third-order valence-electron chi connectivity index (χ3n) is 13.0. The van der Waals surface area contributed by atoms with Crippen molar-refractivity contribution < 1.29 is 33.8 Å². The highest BCUT2D eigenvalue weighted by Crippen LogP contribution is 2.89. The molecule has 36 heavy (non-hydrogen) atoms. The summed E-state index contributed by atoms with van der Waals surface area (Å²) in [7, 11) is 2.23. The molecule has 0 aromatic carbocycles. The fraction of sp³-hybridized carbons (Fsp3) is 0.862. The molecule has 7 nitrogen and oxygen atoms in total.